The Balaban J connectivity index is 2.94. The summed E-state index contributed by atoms with van der Waals surface area (Å²) in [6.07, 6.45) is 3.30. The van der Waals surface area contributed by atoms with Gasteiger partial charge < -0.3 is 37.5 Å². The first-order chi connectivity index (χ1) is 15.5. The maximum absolute atomic E-state index is 13.0. The molecule has 184 valence electrons. The summed E-state index contributed by atoms with van der Waals surface area (Å²) in [7, 11) is 0. The topological polar surface area (TPSA) is 222 Å². The highest BCUT2D eigenvalue weighted by molar-refractivity contribution is 5.94. The van der Waals surface area contributed by atoms with Crippen molar-refractivity contribution in [2.75, 3.05) is 0 Å². The van der Waals surface area contributed by atoms with E-state index in [0.717, 1.165) is 0 Å². The minimum atomic E-state index is -1.23. The first kappa shape index (κ1) is 27.6. The highest BCUT2D eigenvalue weighted by Crippen LogP contribution is 2.10. The lowest BCUT2D eigenvalue weighted by molar-refractivity contribution is -0.142. The molecule has 0 aliphatic rings. The number of aromatic nitrogens is 2. The van der Waals surface area contributed by atoms with Gasteiger partial charge in [0.15, 0.2) is 0 Å². The molecule has 1 rings (SSSR count). The largest absolute Gasteiger partial charge is 0.480 e. The summed E-state index contributed by atoms with van der Waals surface area (Å²) in [4.78, 5) is 67.1. The van der Waals surface area contributed by atoms with Crippen molar-refractivity contribution in [2.45, 2.75) is 70.6 Å². The lowest BCUT2D eigenvalue weighted by Gasteiger charge is -2.27. The number of nitrogens with zero attached hydrogens (tertiary/aromatic N) is 1. The zero-order valence-electron chi connectivity index (χ0n) is 19.0. The van der Waals surface area contributed by atoms with E-state index in [4.69, 9.17) is 16.6 Å². The van der Waals surface area contributed by atoms with Gasteiger partial charge >= 0.3 is 5.97 Å². The zero-order valence-corrected chi connectivity index (χ0v) is 19.0. The zero-order chi connectivity index (χ0) is 25.1. The number of aromatic amines is 1. The van der Waals surface area contributed by atoms with E-state index >= 15 is 0 Å². The molecular weight excluding hydrogens is 434 g/mol. The summed E-state index contributed by atoms with van der Waals surface area (Å²) in [5, 5.41) is 16.4. The molecule has 4 amide bonds. The minimum Gasteiger partial charge on any atom is -0.480 e. The molecule has 0 spiro atoms. The van der Waals surface area contributed by atoms with Crippen molar-refractivity contribution < 1.29 is 29.1 Å². The van der Waals surface area contributed by atoms with Gasteiger partial charge in [-0.2, -0.15) is 0 Å². The van der Waals surface area contributed by atoms with Crippen molar-refractivity contribution in [1.29, 1.82) is 0 Å². The molecule has 5 atom stereocenters. The molecule has 5 unspecified atom stereocenters. The fourth-order valence-corrected chi connectivity index (χ4v) is 2.88. The molecule has 33 heavy (non-hydrogen) atoms. The quantitative estimate of drug-likeness (QED) is 0.164. The molecule has 0 aliphatic heterocycles. The predicted molar refractivity (Wildman–Crippen MR) is 117 cm³/mol. The number of nitrogens with two attached hydrogens (primary N) is 2. The molecular formula is C20H33N7O6. The third-order valence-electron chi connectivity index (χ3n) is 5.17. The van der Waals surface area contributed by atoms with E-state index in [1.165, 1.54) is 19.4 Å². The van der Waals surface area contributed by atoms with Gasteiger partial charge in [0, 0.05) is 24.7 Å². The number of hydrogen-bond acceptors (Lipinski definition) is 7. The Morgan fingerprint density at radius 2 is 1.76 bits per heavy atom. The van der Waals surface area contributed by atoms with Crippen LogP contribution in [0.4, 0.5) is 0 Å². The Labute approximate surface area is 191 Å². The van der Waals surface area contributed by atoms with Crippen LogP contribution in [-0.4, -0.2) is 68.8 Å². The van der Waals surface area contributed by atoms with E-state index in [1.54, 1.807) is 13.8 Å². The second-order valence-electron chi connectivity index (χ2n) is 7.89. The van der Waals surface area contributed by atoms with Crippen molar-refractivity contribution in [2.24, 2.45) is 17.4 Å². The van der Waals surface area contributed by atoms with Crippen molar-refractivity contribution >= 4 is 29.6 Å². The smallest absolute Gasteiger partial charge is 0.325 e. The van der Waals surface area contributed by atoms with Crippen LogP contribution in [0.1, 0.15) is 45.7 Å². The molecule has 1 heterocycles. The maximum atomic E-state index is 13.0. The molecule has 0 radical (unpaired) electrons. The third-order valence-corrected chi connectivity index (χ3v) is 5.17. The Morgan fingerprint density at radius 1 is 1.09 bits per heavy atom. The third kappa shape index (κ3) is 9.27. The normalized spacial score (nSPS) is 15.4. The van der Waals surface area contributed by atoms with Crippen LogP contribution in [0.3, 0.4) is 0 Å². The van der Waals surface area contributed by atoms with E-state index in [9.17, 15) is 24.0 Å². The van der Waals surface area contributed by atoms with E-state index in [-0.39, 0.29) is 25.2 Å². The maximum Gasteiger partial charge on any atom is 0.325 e. The molecule has 1 aromatic rings. The molecule has 1 aromatic heterocycles. The molecule has 0 saturated heterocycles. The van der Waals surface area contributed by atoms with Gasteiger partial charge in [0.25, 0.3) is 0 Å². The van der Waals surface area contributed by atoms with E-state index in [0.29, 0.717) is 12.1 Å². The molecule has 13 nitrogen and oxygen atoms in total. The molecule has 0 fully saturated rings. The van der Waals surface area contributed by atoms with Gasteiger partial charge in [-0.15, -0.1) is 0 Å². The van der Waals surface area contributed by atoms with E-state index < -0.39 is 53.8 Å². The number of carboxylic acids is 1. The van der Waals surface area contributed by atoms with Gasteiger partial charge in [0.2, 0.25) is 23.6 Å². The molecule has 9 N–H and O–H groups in total. The van der Waals surface area contributed by atoms with Crippen LogP contribution in [0.25, 0.3) is 0 Å². The average Bonchev–Trinajstić information content (AvgIpc) is 3.26. The number of nitrogens with one attached hydrogen (secondary N) is 4. The van der Waals surface area contributed by atoms with Gasteiger partial charge in [0.1, 0.15) is 18.1 Å². The van der Waals surface area contributed by atoms with Crippen LogP contribution in [-0.2, 0) is 30.4 Å². The van der Waals surface area contributed by atoms with Crippen LogP contribution >= 0.6 is 0 Å². The first-order valence-corrected chi connectivity index (χ1v) is 10.6. The van der Waals surface area contributed by atoms with Crippen LogP contribution in [0.2, 0.25) is 0 Å². The number of rotatable bonds is 14. The first-order valence-electron chi connectivity index (χ1n) is 10.6. The molecule has 0 bridgehead atoms. The van der Waals surface area contributed by atoms with Crippen LogP contribution in [0.5, 0.6) is 0 Å². The molecule has 0 aromatic carbocycles. The highest BCUT2D eigenvalue weighted by Gasteiger charge is 2.32. The predicted octanol–water partition coefficient (Wildman–Crippen LogP) is -1.85. The number of carbonyl (C=O) groups excluding carboxylic acids is 4. The lowest BCUT2D eigenvalue weighted by Crippen LogP contribution is -2.58. The van der Waals surface area contributed by atoms with Crippen molar-refractivity contribution in [3.8, 4) is 0 Å². The Kier molecular flexibility index (Phi) is 11.0. The monoisotopic (exact) mass is 467 g/mol. The van der Waals surface area contributed by atoms with Crippen LogP contribution in [0.15, 0.2) is 12.5 Å². The number of amides is 4. The molecule has 13 heteroatoms. The van der Waals surface area contributed by atoms with Gasteiger partial charge in [-0.3, -0.25) is 24.0 Å². The Bertz CT molecular complexity index is 829. The van der Waals surface area contributed by atoms with Gasteiger partial charge in [-0.05, 0) is 19.3 Å². The summed E-state index contributed by atoms with van der Waals surface area (Å²) < 4.78 is 0. The highest BCUT2D eigenvalue weighted by atomic mass is 16.4. The van der Waals surface area contributed by atoms with Gasteiger partial charge in [-0.1, -0.05) is 20.3 Å². The number of H-pyrrole nitrogens is 1. The van der Waals surface area contributed by atoms with E-state index in [1.807, 2.05) is 0 Å². The van der Waals surface area contributed by atoms with Crippen LogP contribution < -0.4 is 27.4 Å². The Hall–Kier alpha value is -3.48. The number of carboxylic acid groups (broad SMARTS) is 1. The fraction of sp³-hybridized carbons (Fsp3) is 0.600. The SMILES string of the molecule is CCC(C)C(NC(=O)C(CCC(N)=O)NC(=O)C(N)Cc1cnc[nH]1)C(=O)NC(C)C(=O)O. The molecule has 0 saturated carbocycles. The van der Waals surface area contributed by atoms with E-state index in [2.05, 4.69) is 25.9 Å². The number of primary amides is 1. The second kappa shape index (κ2) is 13.2. The van der Waals surface area contributed by atoms with Crippen molar-refractivity contribution in [3.63, 3.8) is 0 Å². The summed E-state index contributed by atoms with van der Waals surface area (Å²) in [6, 6.07) is -4.41. The molecule has 0 aliphatic carbocycles. The Morgan fingerprint density at radius 3 is 2.27 bits per heavy atom. The number of carbonyl (C=O) groups is 5. The summed E-state index contributed by atoms with van der Waals surface area (Å²) in [5.41, 5.74) is 11.7. The standard InChI is InChI=1S/C20H33N7O6/c1-4-10(2)16(19(31)25-11(3)20(32)33)27-18(30)14(5-6-15(22)28)26-17(29)13(21)7-12-8-23-9-24-12/h8-11,13-14,16H,4-7,21H2,1-3H3,(H2,22,28)(H,23,24)(H,25,31)(H,26,29)(H,27,30)(H,32,33). The van der Waals surface area contributed by atoms with Gasteiger partial charge in [0.05, 0.1) is 12.4 Å². The fourth-order valence-electron chi connectivity index (χ4n) is 2.88. The second-order valence-corrected chi connectivity index (χ2v) is 7.89. The summed E-state index contributed by atoms with van der Waals surface area (Å²) in [5.74, 6) is -4.28. The van der Waals surface area contributed by atoms with Crippen LogP contribution in [0, 0.1) is 5.92 Å². The number of hydrogen-bond donors (Lipinski definition) is 7. The van der Waals surface area contributed by atoms with Gasteiger partial charge in [-0.25, -0.2) is 4.98 Å². The lowest BCUT2D eigenvalue weighted by atomic mass is 9.97. The number of imidazole rings is 1. The summed E-state index contributed by atoms with van der Waals surface area (Å²) >= 11 is 0. The number of aliphatic carboxylic acids is 1. The van der Waals surface area contributed by atoms with Crippen molar-refractivity contribution in [3.05, 3.63) is 18.2 Å². The van der Waals surface area contributed by atoms with Crippen molar-refractivity contribution in [1.82, 2.24) is 25.9 Å². The average molecular weight is 468 g/mol. The minimum absolute atomic E-state index is 0.107. The summed E-state index contributed by atoms with van der Waals surface area (Å²) in [6.45, 7) is 4.82.